The van der Waals surface area contributed by atoms with Gasteiger partial charge >= 0.3 is 0 Å². The molecule has 0 radical (unpaired) electrons. The van der Waals surface area contributed by atoms with Gasteiger partial charge in [-0.15, -0.1) is 0 Å². The highest BCUT2D eigenvalue weighted by atomic mass is 16.7. The summed E-state index contributed by atoms with van der Waals surface area (Å²) in [6, 6.07) is -0.854. The zero-order chi connectivity index (χ0) is 64.9. The van der Waals surface area contributed by atoms with Crippen molar-refractivity contribution < 1.29 is 39.8 Å². The Labute approximate surface area is 552 Å². The third-order valence-electron chi connectivity index (χ3n) is 16.3. The van der Waals surface area contributed by atoms with Gasteiger partial charge in [-0.05, 0) is 116 Å². The molecule has 7 unspecified atom stereocenters. The fourth-order valence-corrected chi connectivity index (χ4v) is 10.6. The van der Waals surface area contributed by atoms with Crippen LogP contribution in [0.2, 0.25) is 0 Å². The fourth-order valence-electron chi connectivity index (χ4n) is 10.6. The zero-order valence-corrected chi connectivity index (χ0v) is 57.3. The first kappa shape index (κ1) is 83.8. The second kappa shape index (κ2) is 67.7. The number of amides is 1. The number of ether oxygens (including phenoxy) is 2. The number of carbonyl (C=O) groups is 1. The van der Waals surface area contributed by atoms with E-state index in [9.17, 15) is 30.3 Å². The van der Waals surface area contributed by atoms with Crippen LogP contribution in [0.15, 0.2) is 158 Å². The monoisotopic (exact) mass is 1250 g/mol. The molecule has 9 heteroatoms. The van der Waals surface area contributed by atoms with Gasteiger partial charge in [0, 0.05) is 6.42 Å². The molecule has 7 atom stereocenters. The van der Waals surface area contributed by atoms with Crippen LogP contribution in [0.5, 0.6) is 0 Å². The van der Waals surface area contributed by atoms with Gasteiger partial charge in [-0.2, -0.15) is 0 Å². The highest BCUT2D eigenvalue weighted by Gasteiger charge is 2.44. The normalized spacial score (nSPS) is 18.8. The maximum absolute atomic E-state index is 13.1. The number of aliphatic hydroxyl groups excluding tert-OH is 5. The molecular formula is C81H135NO8. The molecule has 1 amide bonds. The van der Waals surface area contributed by atoms with E-state index in [4.69, 9.17) is 9.47 Å². The van der Waals surface area contributed by atoms with Crippen LogP contribution in [-0.4, -0.2) is 87.5 Å². The summed E-state index contributed by atoms with van der Waals surface area (Å²) in [7, 11) is 0. The second-order valence-corrected chi connectivity index (χ2v) is 24.6. The summed E-state index contributed by atoms with van der Waals surface area (Å²) in [4.78, 5) is 13.1. The van der Waals surface area contributed by atoms with Gasteiger partial charge in [0.2, 0.25) is 5.91 Å². The summed E-state index contributed by atoms with van der Waals surface area (Å²) in [6.45, 7) is 3.65. The van der Waals surface area contributed by atoms with Crippen LogP contribution in [0.25, 0.3) is 0 Å². The third-order valence-corrected chi connectivity index (χ3v) is 16.3. The lowest BCUT2D eigenvalue weighted by molar-refractivity contribution is -0.302. The number of carbonyl (C=O) groups excluding carboxylic acids is 1. The summed E-state index contributed by atoms with van der Waals surface area (Å²) in [5, 5.41) is 54.8. The summed E-state index contributed by atoms with van der Waals surface area (Å²) in [5.74, 6) is -0.222. The van der Waals surface area contributed by atoms with Crippen LogP contribution in [0.1, 0.15) is 290 Å². The molecule has 9 nitrogen and oxygen atoms in total. The molecule has 6 N–H and O–H groups in total. The van der Waals surface area contributed by atoms with Gasteiger partial charge in [0.15, 0.2) is 6.29 Å². The van der Waals surface area contributed by atoms with Crippen molar-refractivity contribution in [3.63, 3.8) is 0 Å². The Hall–Kier alpha value is -4.19. The average Bonchev–Trinajstić information content (AvgIpc) is 1.28. The molecule has 0 aromatic heterocycles. The number of aliphatic hydroxyl groups is 5. The molecule has 1 aliphatic rings. The minimum Gasteiger partial charge on any atom is -0.394 e. The van der Waals surface area contributed by atoms with E-state index in [2.05, 4.69) is 165 Å². The van der Waals surface area contributed by atoms with Crippen LogP contribution < -0.4 is 5.32 Å². The maximum atomic E-state index is 13.1. The molecule has 90 heavy (non-hydrogen) atoms. The third kappa shape index (κ3) is 55.4. The first-order valence-corrected chi connectivity index (χ1v) is 36.7. The number of unbranched alkanes of at least 4 members (excludes halogenated alkanes) is 28. The largest absolute Gasteiger partial charge is 0.394 e. The molecule has 0 aliphatic carbocycles. The predicted octanol–water partition coefficient (Wildman–Crippen LogP) is 20.7. The van der Waals surface area contributed by atoms with Crippen molar-refractivity contribution in [1.29, 1.82) is 0 Å². The van der Waals surface area contributed by atoms with E-state index in [0.717, 1.165) is 109 Å². The minimum absolute atomic E-state index is 0.222. The van der Waals surface area contributed by atoms with Gasteiger partial charge in [-0.3, -0.25) is 4.79 Å². The van der Waals surface area contributed by atoms with Gasteiger partial charge in [0.25, 0.3) is 0 Å². The number of rotatable bonds is 62. The summed E-state index contributed by atoms with van der Waals surface area (Å²) in [5.41, 5.74) is 0. The van der Waals surface area contributed by atoms with Crippen molar-refractivity contribution in [2.75, 3.05) is 13.2 Å². The van der Waals surface area contributed by atoms with Crippen molar-refractivity contribution in [1.82, 2.24) is 5.32 Å². The molecule has 1 aliphatic heterocycles. The molecule has 0 bridgehead atoms. The first-order chi connectivity index (χ1) is 44.3. The molecule has 1 saturated heterocycles. The number of hydrogen-bond acceptors (Lipinski definition) is 8. The van der Waals surface area contributed by atoms with Crippen LogP contribution in [0.3, 0.4) is 0 Å². The van der Waals surface area contributed by atoms with E-state index < -0.39 is 49.5 Å². The van der Waals surface area contributed by atoms with Crippen molar-refractivity contribution >= 4 is 5.91 Å². The SMILES string of the molecule is CC/C=C\C/C=C\C/C=C\C/C=C\C/C=C\C/C=C\C/C=C\C/C=C\C/C=C\C/C=C\C/C=C\CCCCCC(=O)NC(COC1OC(CO)C(O)C(O)C1O)C(O)/C=C/CC/C=C/CCCCCCCCCCCCCCCCCCCCCCCCCC. The van der Waals surface area contributed by atoms with Crippen molar-refractivity contribution in [2.45, 2.75) is 333 Å². The molecule has 1 rings (SSSR count). The fraction of sp³-hybridized carbons (Fsp3) is 0.667. The molecule has 0 aromatic rings. The Balaban J connectivity index is 2.21. The predicted molar refractivity (Wildman–Crippen MR) is 386 cm³/mol. The summed E-state index contributed by atoms with van der Waals surface area (Å²) < 4.78 is 11.3. The average molecular weight is 1250 g/mol. The molecule has 1 heterocycles. The zero-order valence-electron chi connectivity index (χ0n) is 57.3. The molecule has 0 spiro atoms. The Kier molecular flexibility index (Phi) is 63.0. The quantitative estimate of drug-likeness (QED) is 0.0261. The van der Waals surface area contributed by atoms with Crippen LogP contribution in [0.4, 0.5) is 0 Å². The van der Waals surface area contributed by atoms with Gasteiger partial charge in [-0.1, -0.05) is 326 Å². The van der Waals surface area contributed by atoms with Crippen LogP contribution >= 0.6 is 0 Å². The van der Waals surface area contributed by atoms with E-state index in [1.807, 2.05) is 6.08 Å². The van der Waals surface area contributed by atoms with Crippen LogP contribution in [0, 0.1) is 0 Å². The molecule has 512 valence electrons. The van der Waals surface area contributed by atoms with Crippen LogP contribution in [-0.2, 0) is 14.3 Å². The van der Waals surface area contributed by atoms with E-state index in [-0.39, 0.29) is 18.9 Å². The second-order valence-electron chi connectivity index (χ2n) is 24.6. The number of nitrogens with one attached hydrogen (secondary N) is 1. The minimum atomic E-state index is -1.59. The first-order valence-electron chi connectivity index (χ1n) is 36.7. The van der Waals surface area contributed by atoms with Gasteiger partial charge in [-0.25, -0.2) is 0 Å². The van der Waals surface area contributed by atoms with E-state index >= 15 is 0 Å². The van der Waals surface area contributed by atoms with Crippen molar-refractivity contribution in [2.24, 2.45) is 0 Å². The summed E-state index contributed by atoms with van der Waals surface area (Å²) >= 11 is 0. The molecule has 0 saturated carbocycles. The van der Waals surface area contributed by atoms with Gasteiger partial charge in [0.05, 0.1) is 25.4 Å². The maximum Gasteiger partial charge on any atom is 0.220 e. The topological polar surface area (TPSA) is 149 Å². The van der Waals surface area contributed by atoms with E-state index in [1.54, 1.807) is 6.08 Å². The highest BCUT2D eigenvalue weighted by Crippen LogP contribution is 2.23. The highest BCUT2D eigenvalue weighted by molar-refractivity contribution is 5.76. The number of hydrogen-bond donors (Lipinski definition) is 6. The standard InChI is InChI=1S/C81H135NO8/c1-3-5-7-9-11-13-15-17-19-21-23-25-27-29-31-33-35-36-37-38-39-40-41-43-45-47-49-51-53-55-57-59-61-63-65-67-69-71-77(85)82-74(73-89-81-80(88)79(87)78(86)76(72-83)90-81)75(84)70-68-66-64-62-60-58-56-54-52-50-48-46-44-42-34-32-30-28-26-24-22-20-18-16-14-12-10-8-6-4-2/h5,7,11,13,17,19,23,25,29,31,35-36,38-39,41,43,47,49,53,55,59-62,68,70,74-76,78-81,83-84,86-88H,3-4,6,8-10,12,14-16,18,20-22,24,26-28,30,32-34,37,40,42,44-46,48,50-52,54,56-58,63-67,69,71-73H2,1-2H3,(H,82,85)/b7-5-,13-11-,19-17-,25-23-,31-29-,36-35-,39-38-,43-41-,49-47-,55-53-,61-59-,62-60+,70-68+. The lowest BCUT2D eigenvalue weighted by atomic mass is 9.99. The molecular weight excluding hydrogens is 1110 g/mol. The lowest BCUT2D eigenvalue weighted by Crippen LogP contribution is -2.60. The Morgan fingerprint density at radius 3 is 1.07 bits per heavy atom. The molecule has 0 aromatic carbocycles. The van der Waals surface area contributed by atoms with Gasteiger partial charge < -0.3 is 40.3 Å². The Morgan fingerprint density at radius 1 is 0.389 bits per heavy atom. The smallest absolute Gasteiger partial charge is 0.220 e. The lowest BCUT2D eigenvalue weighted by Gasteiger charge is -2.40. The summed E-state index contributed by atoms with van der Waals surface area (Å²) in [6.07, 6.45) is 99.3. The van der Waals surface area contributed by atoms with Crippen molar-refractivity contribution in [3.8, 4) is 0 Å². The van der Waals surface area contributed by atoms with E-state index in [1.165, 1.54) is 154 Å². The molecule has 1 fully saturated rings. The van der Waals surface area contributed by atoms with Crippen molar-refractivity contribution in [3.05, 3.63) is 158 Å². The number of allylic oxidation sites excluding steroid dienone is 25. The Bertz CT molecular complexity index is 1980. The van der Waals surface area contributed by atoms with Gasteiger partial charge in [0.1, 0.15) is 24.4 Å². The Morgan fingerprint density at radius 2 is 0.700 bits per heavy atom. The van der Waals surface area contributed by atoms with E-state index in [0.29, 0.717) is 6.42 Å².